The molecule has 0 saturated carbocycles. The molecule has 0 spiro atoms. The van der Waals surface area contributed by atoms with Crippen LogP contribution in [0, 0.1) is 6.92 Å². The van der Waals surface area contributed by atoms with Crippen LogP contribution >= 0.6 is 0 Å². The van der Waals surface area contributed by atoms with Gasteiger partial charge in [-0.15, -0.1) is 0 Å². The summed E-state index contributed by atoms with van der Waals surface area (Å²) in [7, 11) is 1.63. The molecule has 2 aromatic rings. The average molecular weight is 436 g/mol. The van der Waals surface area contributed by atoms with Crippen molar-refractivity contribution < 1.29 is 14.3 Å². The minimum absolute atomic E-state index is 0.115. The van der Waals surface area contributed by atoms with Crippen LogP contribution in [0.25, 0.3) is 0 Å². The summed E-state index contributed by atoms with van der Waals surface area (Å²) in [5.74, 6) is 1.23. The minimum Gasteiger partial charge on any atom is -0.497 e. The molecule has 1 aromatic carbocycles. The van der Waals surface area contributed by atoms with Crippen LogP contribution in [0.1, 0.15) is 65.3 Å². The van der Waals surface area contributed by atoms with Crippen LogP contribution in [-0.4, -0.2) is 59.9 Å². The summed E-state index contributed by atoms with van der Waals surface area (Å²) in [4.78, 5) is 34.8. The Kier molecular flexibility index (Phi) is 7.08. The van der Waals surface area contributed by atoms with Gasteiger partial charge in [0.1, 0.15) is 5.75 Å². The SMILES string of the molecule is COc1cccc(CC(=O)N2CCC(c3nc(C)ccc3C(=O)N3CCCCC3)CC2)c1. The molecular formula is C26H33N3O3. The van der Waals surface area contributed by atoms with E-state index in [4.69, 9.17) is 9.72 Å². The number of carbonyl (C=O) groups excluding carboxylic acids is 2. The number of hydrogen-bond acceptors (Lipinski definition) is 4. The van der Waals surface area contributed by atoms with Crippen LogP contribution in [0.5, 0.6) is 5.75 Å². The zero-order chi connectivity index (χ0) is 22.5. The highest BCUT2D eigenvalue weighted by molar-refractivity contribution is 5.95. The van der Waals surface area contributed by atoms with Crippen molar-refractivity contribution in [2.45, 2.75) is 51.4 Å². The average Bonchev–Trinajstić information content (AvgIpc) is 2.84. The number of piperidine rings is 2. The predicted octanol–water partition coefficient (Wildman–Crippen LogP) is 3.97. The lowest BCUT2D eigenvalue weighted by molar-refractivity contribution is -0.131. The van der Waals surface area contributed by atoms with Crippen LogP contribution in [0.2, 0.25) is 0 Å². The van der Waals surface area contributed by atoms with Gasteiger partial charge in [0.05, 0.1) is 24.8 Å². The lowest BCUT2D eigenvalue weighted by Gasteiger charge is -2.33. The van der Waals surface area contributed by atoms with Gasteiger partial charge in [0.15, 0.2) is 0 Å². The van der Waals surface area contributed by atoms with Gasteiger partial charge in [0, 0.05) is 37.8 Å². The van der Waals surface area contributed by atoms with Gasteiger partial charge in [-0.05, 0) is 68.9 Å². The second kappa shape index (κ2) is 10.2. The van der Waals surface area contributed by atoms with Crippen LogP contribution in [0.15, 0.2) is 36.4 Å². The van der Waals surface area contributed by atoms with E-state index < -0.39 is 0 Å². The zero-order valence-corrected chi connectivity index (χ0v) is 19.2. The number of aromatic nitrogens is 1. The van der Waals surface area contributed by atoms with Crippen molar-refractivity contribution in [3.63, 3.8) is 0 Å². The topological polar surface area (TPSA) is 62.7 Å². The van der Waals surface area contributed by atoms with Gasteiger partial charge in [-0.2, -0.15) is 0 Å². The fourth-order valence-corrected chi connectivity index (χ4v) is 4.81. The van der Waals surface area contributed by atoms with E-state index in [1.54, 1.807) is 7.11 Å². The van der Waals surface area contributed by atoms with Crippen LogP contribution in [0.3, 0.4) is 0 Å². The first-order chi connectivity index (χ1) is 15.5. The summed E-state index contributed by atoms with van der Waals surface area (Å²) >= 11 is 0. The van der Waals surface area contributed by atoms with Crippen molar-refractivity contribution in [2.24, 2.45) is 0 Å². The Morgan fingerprint density at radius 3 is 2.47 bits per heavy atom. The number of rotatable bonds is 5. The number of benzene rings is 1. The maximum absolute atomic E-state index is 13.2. The number of hydrogen-bond donors (Lipinski definition) is 0. The third-order valence-corrected chi connectivity index (χ3v) is 6.66. The van der Waals surface area contributed by atoms with Crippen molar-refractivity contribution in [2.75, 3.05) is 33.3 Å². The Balaban J connectivity index is 1.42. The van der Waals surface area contributed by atoms with Gasteiger partial charge >= 0.3 is 0 Å². The molecule has 0 bridgehead atoms. The molecule has 0 atom stereocenters. The molecule has 2 amide bonds. The molecule has 4 rings (SSSR count). The lowest BCUT2D eigenvalue weighted by Crippen LogP contribution is -2.40. The first-order valence-electron chi connectivity index (χ1n) is 11.7. The molecule has 0 aliphatic carbocycles. The Morgan fingerprint density at radius 1 is 1.00 bits per heavy atom. The molecule has 0 N–H and O–H groups in total. The molecule has 32 heavy (non-hydrogen) atoms. The molecular weight excluding hydrogens is 402 g/mol. The molecule has 6 nitrogen and oxygen atoms in total. The highest BCUT2D eigenvalue weighted by atomic mass is 16.5. The number of methoxy groups -OCH3 is 1. The maximum atomic E-state index is 13.2. The van der Waals surface area contributed by atoms with Gasteiger partial charge in [0.25, 0.3) is 5.91 Å². The van der Waals surface area contributed by atoms with E-state index in [0.717, 1.165) is 67.0 Å². The van der Waals surface area contributed by atoms with E-state index in [-0.39, 0.29) is 17.7 Å². The van der Waals surface area contributed by atoms with E-state index in [0.29, 0.717) is 19.5 Å². The van der Waals surface area contributed by atoms with Crippen molar-refractivity contribution in [1.29, 1.82) is 0 Å². The first kappa shape index (κ1) is 22.3. The van der Waals surface area contributed by atoms with Gasteiger partial charge in [-0.25, -0.2) is 0 Å². The zero-order valence-electron chi connectivity index (χ0n) is 19.2. The third-order valence-electron chi connectivity index (χ3n) is 6.66. The van der Waals surface area contributed by atoms with Crippen LogP contribution < -0.4 is 4.74 Å². The van der Waals surface area contributed by atoms with E-state index in [2.05, 4.69) is 0 Å². The fraction of sp³-hybridized carbons (Fsp3) is 0.500. The maximum Gasteiger partial charge on any atom is 0.255 e. The summed E-state index contributed by atoms with van der Waals surface area (Å²) in [5.41, 5.74) is 3.57. The lowest BCUT2D eigenvalue weighted by atomic mass is 9.89. The van der Waals surface area contributed by atoms with Crippen LogP contribution in [-0.2, 0) is 11.2 Å². The monoisotopic (exact) mass is 435 g/mol. The standard InChI is InChI=1S/C26H33N3O3/c1-19-9-10-23(26(31)29-13-4-3-5-14-29)25(27-19)21-11-15-28(16-12-21)24(30)18-20-7-6-8-22(17-20)32-2/h6-10,17,21H,3-5,11-16,18H2,1-2H3. The highest BCUT2D eigenvalue weighted by Gasteiger charge is 2.29. The molecule has 2 fully saturated rings. The number of carbonyl (C=O) groups is 2. The molecule has 0 unspecified atom stereocenters. The minimum atomic E-state index is 0.115. The highest BCUT2D eigenvalue weighted by Crippen LogP contribution is 2.31. The Labute approximate surface area is 190 Å². The summed E-state index contributed by atoms with van der Waals surface area (Å²) in [5, 5.41) is 0. The van der Waals surface area contributed by atoms with E-state index >= 15 is 0 Å². The number of pyridine rings is 1. The molecule has 2 aliphatic rings. The van der Waals surface area contributed by atoms with Crippen LogP contribution in [0.4, 0.5) is 0 Å². The number of nitrogens with zero attached hydrogens (tertiary/aromatic N) is 3. The van der Waals surface area contributed by atoms with Crippen molar-refractivity contribution in [3.05, 3.63) is 58.9 Å². The predicted molar refractivity (Wildman–Crippen MR) is 124 cm³/mol. The quantitative estimate of drug-likeness (QED) is 0.713. The van der Waals surface area contributed by atoms with E-state index in [1.807, 2.05) is 53.1 Å². The third kappa shape index (κ3) is 5.12. The van der Waals surface area contributed by atoms with Crippen molar-refractivity contribution >= 4 is 11.8 Å². The Hall–Kier alpha value is -2.89. The number of ether oxygens (including phenoxy) is 1. The summed E-state index contributed by atoms with van der Waals surface area (Å²) in [6.45, 7) is 5.04. The molecule has 2 aliphatic heterocycles. The van der Waals surface area contributed by atoms with Gasteiger partial charge in [-0.1, -0.05) is 12.1 Å². The molecule has 3 heterocycles. The number of likely N-dealkylation sites (tertiary alicyclic amines) is 2. The van der Waals surface area contributed by atoms with Gasteiger partial charge in [0.2, 0.25) is 5.91 Å². The van der Waals surface area contributed by atoms with Gasteiger partial charge in [-0.3, -0.25) is 14.6 Å². The van der Waals surface area contributed by atoms with Crippen molar-refractivity contribution in [1.82, 2.24) is 14.8 Å². The second-order valence-corrected chi connectivity index (χ2v) is 8.92. The molecule has 0 radical (unpaired) electrons. The summed E-state index contributed by atoms with van der Waals surface area (Å²) < 4.78 is 5.27. The first-order valence-corrected chi connectivity index (χ1v) is 11.7. The second-order valence-electron chi connectivity index (χ2n) is 8.92. The van der Waals surface area contributed by atoms with E-state index in [1.165, 1.54) is 6.42 Å². The Bertz CT molecular complexity index is 961. The Morgan fingerprint density at radius 2 is 1.75 bits per heavy atom. The smallest absolute Gasteiger partial charge is 0.255 e. The fourth-order valence-electron chi connectivity index (χ4n) is 4.81. The molecule has 1 aromatic heterocycles. The largest absolute Gasteiger partial charge is 0.497 e. The summed E-state index contributed by atoms with van der Waals surface area (Å²) in [6, 6.07) is 11.6. The molecule has 6 heteroatoms. The molecule has 2 saturated heterocycles. The van der Waals surface area contributed by atoms with Crippen molar-refractivity contribution in [3.8, 4) is 5.75 Å². The normalized spacial score (nSPS) is 17.3. The van der Waals surface area contributed by atoms with Gasteiger partial charge < -0.3 is 14.5 Å². The number of amides is 2. The summed E-state index contributed by atoms with van der Waals surface area (Å²) in [6.07, 6.45) is 5.40. The molecule has 170 valence electrons. The number of aryl methyl sites for hydroxylation is 1. The van der Waals surface area contributed by atoms with E-state index in [9.17, 15) is 9.59 Å².